The summed E-state index contributed by atoms with van der Waals surface area (Å²) in [6.45, 7) is 4.79. The fourth-order valence-electron chi connectivity index (χ4n) is 1.74. The van der Waals surface area contributed by atoms with Crippen LogP contribution in [0.4, 0.5) is 5.82 Å². The van der Waals surface area contributed by atoms with Gasteiger partial charge >= 0.3 is 0 Å². The highest BCUT2D eigenvalue weighted by molar-refractivity contribution is 6.33. The first-order valence-corrected chi connectivity index (χ1v) is 6.94. The average Bonchev–Trinajstić information content (AvgIpc) is 2.47. The van der Waals surface area contributed by atoms with Gasteiger partial charge in [0.2, 0.25) is 0 Å². The van der Waals surface area contributed by atoms with Gasteiger partial charge in [-0.25, -0.2) is 15.0 Å². The zero-order chi connectivity index (χ0) is 15.2. The third-order valence-corrected chi connectivity index (χ3v) is 3.00. The predicted molar refractivity (Wildman–Crippen MR) is 81.3 cm³/mol. The number of amides is 1. The number of nitrogens with zero attached hydrogens (tertiary/aromatic N) is 3. The lowest BCUT2D eigenvalue weighted by atomic mass is 10.2. The highest BCUT2D eigenvalue weighted by Crippen LogP contribution is 2.19. The number of hydrogen-bond acceptors (Lipinski definition) is 5. The number of aromatic nitrogens is 3. The van der Waals surface area contributed by atoms with Crippen molar-refractivity contribution < 1.29 is 4.79 Å². The minimum Gasteiger partial charge on any atom is -0.369 e. The number of rotatable bonds is 5. The van der Waals surface area contributed by atoms with Crippen molar-refractivity contribution in [3.05, 3.63) is 46.6 Å². The number of anilines is 1. The summed E-state index contributed by atoms with van der Waals surface area (Å²) in [5, 5.41) is 6.21. The molecule has 0 saturated carbocycles. The summed E-state index contributed by atoms with van der Waals surface area (Å²) < 4.78 is 0. The Morgan fingerprint density at radius 1 is 1.38 bits per heavy atom. The van der Waals surface area contributed by atoms with Crippen molar-refractivity contribution in [3.8, 4) is 0 Å². The van der Waals surface area contributed by atoms with Crippen molar-refractivity contribution in [2.24, 2.45) is 0 Å². The van der Waals surface area contributed by atoms with Crippen LogP contribution >= 0.6 is 11.6 Å². The molecule has 0 aliphatic heterocycles. The summed E-state index contributed by atoms with van der Waals surface area (Å²) in [6, 6.07) is 3.35. The smallest absolute Gasteiger partial charge is 0.253 e. The van der Waals surface area contributed by atoms with Gasteiger partial charge in [-0.1, -0.05) is 11.6 Å². The number of carbonyl (C=O) groups is 1. The van der Waals surface area contributed by atoms with Crippen LogP contribution in [-0.4, -0.2) is 27.4 Å². The van der Waals surface area contributed by atoms with Crippen LogP contribution in [0, 0.1) is 6.92 Å². The predicted octanol–water partition coefficient (Wildman–Crippen LogP) is 2.20. The molecule has 2 aromatic heterocycles. The number of pyridine rings is 1. The van der Waals surface area contributed by atoms with Crippen LogP contribution in [-0.2, 0) is 6.54 Å². The van der Waals surface area contributed by atoms with Crippen molar-refractivity contribution in [2.75, 3.05) is 11.9 Å². The fraction of sp³-hybridized carbons (Fsp3) is 0.286. The maximum Gasteiger partial charge on any atom is 0.253 e. The molecule has 2 rings (SSSR count). The van der Waals surface area contributed by atoms with Crippen molar-refractivity contribution in [2.45, 2.75) is 20.4 Å². The van der Waals surface area contributed by atoms with E-state index in [9.17, 15) is 4.79 Å². The summed E-state index contributed by atoms with van der Waals surface area (Å²) in [5.41, 5.74) is 1.16. The molecule has 2 aromatic rings. The topological polar surface area (TPSA) is 79.8 Å². The quantitative estimate of drug-likeness (QED) is 0.885. The Hall–Kier alpha value is -2.21. The lowest BCUT2D eigenvalue weighted by Crippen LogP contribution is -2.23. The number of nitrogens with one attached hydrogen (secondary N) is 2. The second kappa shape index (κ2) is 6.99. The summed E-state index contributed by atoms with van der Waals surface area (Å²) in [6.07, 6.45) is 3.15. The number of halogens is 1. The van der Waals surface area contributed by atoms with E-state index in [4.69, 9.17) is 11.6 Å². The van der Waals surface area contributed by atoms with Gasteiger partial charge in [-0.2, -0.15) is 0 Å². The first kappa shape index (κ1) is 15.2. The normalized spacial score (nSPS) is 10.2. The molecule has 2 heterocycles. The average molecular weight is 306 g/mol. The lowest BCUT2D eigenvalue weighted by Gasteiger charge is -2.08. The van der Waals surface area contributed by atoms with E-state index < -0.39 is 0 Å². The molecule has 0 unspecified atom stereocenters. The molecule has 0 fully saturated rings. The molecular weight excluding hydrogens is 290 g/mol. The molecule has 0 aromatic carbocycles. The van der Waals surface area contributed by atoms with E-state index in [1.807, 2.05) is 6.92 Å². The van der Waals surface area contributed by atoms with Gasteiger partial charge in [0.1, 0.15) is 11.6 Å². The van der Waals surface area contributed by atoms with Gasteiger partial charge in [0.25, 0.3) is 5.91 Å². The molecule has 110 valence electrons. The molecule has 7 heteroatoms. The first-order valence-electron chi connectivity index (χ1n) is 6.56. The molecule has 0 aliphatic rings. The van der Waals surface area contributed by atoms with Gasteiger partial charge in [-0.05, 0) is 26.0 Å². The molecule has 21 heavy (non-hydrogen) atoms. The Balaban J connectivity index is 2.02. The van der Waals surface area contributed by atoms with E-state index in [1.54, 1.807) is 25.3 Å². The van der Waals surface area contributed by atoms with E-state index >= 15 is 0 Å². The second-order valence-corrected chi connectivity index (χ2v) is 4.77. The third-order valence-electron chi connectivity index (χ3n) is 2.71. The molecule has 0 aliphatic carbocycles. The summed E-state index contributed by atoms with van der Waals surface area (Å²) >= 11 is 6.06. The molecule has 6 nitrogen and oxygen atoms in total. The maximum atomic E-state index is 12.1. The largest absolute Gasteiger partial charge is 0.369 e. The fourth-order valence-corrected chi connectivity index (χ4v) is 1.97. The number of hydrogen-bond donors (Lipinski definition) is 2. The van der Waals surface area contributed by atoms with E-state index in [2.05, 4.69) is 25.6 Å². The van der Waals surface area contributed by atoms with E-state index in [0.717, 1.165) is 5.69 Å². The molecule has 0 radical (unpaired) electrons. The van der Waals surface area contributed by atoms with Crippen LogP contribution in [0.25, 0.3) is 0 Å². The second-order valence-electron chi connectivity index (χ2n) is 4.36. The van der Waals surface area contributed by atoms with Crippen molar-refractivity contribution in [1.29, 1.82) is 0 Å². The van der Waals surface area contributed by atoms with E-state index in [1.165, 1.54) is 6.20 Å². The molecule has 0 spiro atoms. The SMILES string of the molecule is CCNc1ncc(C(=O)NCc2ccnc(C)n2)cc1Cl. The summed E-state index contributed by atoms with van der Waals surface area (Å²) in [7, 11) is 0. The Bertz CT molecular complexity index is 647. The third kappa shape index (κ3) is 4.13. The Kier molecular flexibility index (Phi) is 5.05. The van der Waals surface area contributed by atoms with Crippen LogP contribution in [0.3, 0.4) is 0 Å². The summed E-state index contributed by atoms with van der Waals surface area (Å²) in [5.74, 6) is 0.993. The maximum absolute atomic E-state index is 12.1. The monoisotopic (exact) mass is 305 g/mol. The van der Waals surface area contributed by atoms with Crippen LogP contribution in [0.5, 0.6) is 0 Å². The summed E-state index contributed by atoms with van der Waals surface area (Å²) in [4.78, 5) is 24.4. The van der Waals surface area contributed by atoms with Crippen molar-refractivity contribution in [1.82, 2.24) is 20.3 Å². The Morgan fingerprint density at radius 3 is 2.86 bits per heavy atom. The van der Waals surface area contributed by atoms with Crippen LogP contribution in [0.2, 0.25) is 5.02 Å². The molecular formula is C14H16ClN5O. The zero-order valence-electron chi connectivity index (χ0n) is 11.9. The molecule has 0 bridgehead atoms. The molecule has 1 amide bonds. The van der Waals surface area contributed by atoms with Crippen molar-refractivity contribution in [3.63, 3.8) is 0 Å². The van der Waals surface area contributed by atoms with Crippen LogP contribution in [0.1, 0.15) is 28.8 Å². The van der Waals surface area contributed by atoms with Gasteiger partial charge in [0, 0.05) is 18.9 Å². The first-order chi connectivity index (χ1) is 10.1. The van der Waals surface area contributed by atoms with Crippen LogP contribution in [0.15, 0.2) is 24.5 Å². The molecule has 2 N–H and O–H groups in total. The van der Waals surface area contributed by atoms with E-state index in [-0.39, 0.29) is 5.91 Å². The molecule has 0 saturated heterocycles. The van der Waals surface area contributed by atoms with E-state index in [0.29, 0.717) is 35.3 Å². The lowest BCUT2D eigenvalue weighted by molar-refractivity contribution is 0.0950. The van der Waals surface area contributed by atoms with Gasteiger partial charge in [-0.3, -0.25) is 4.79 Å². The minimum atomic E-state index is -0.247. The Morgan fingerprint density at radius 2 is 2.19 bits per heavy atom. The zero-order valence-corrected chi connectivity index (χ0v) is 12.6. The highest BCUT2D eigenvalue weighted by atomic mass is 35.5. The van der Waals surface area contributed by atoms with Gasteiger partial charge in [0.15, 0.2) is 0 Å². The van der Waals surface area contributed by atoms with Gasteiger partial charge in [-0.15, -0.1) is 0 Å². The van der Waals surface area contributed by atoms with Crippen molar-refractivity contribution >= 4 is 23.3 Å². The van der Waals surface area contributed by atoms with Crippen LogP contribution < -0.4 is 10.6 Å². The van der Waals surface area contributed by atoms with Gasteiger partial charge < -0.3 is 10.6 Å². The number of carbonyl (C=O) groups excluding carboxylic acids is 1. The standard InChI is InChI=1S/C14H16ClN5O/c1-3-16-13-12(15)6-10(7-18-13)14(21)19-8-11-4-5-17-9(2)20-11/h4-7H,3,8H2,1-2H3,(H,16,18)(H,19,21). The van der Waals surface area contributed by atoms with Gasteiger partial charge in [0.05, 0.1) is 22.8 Å². The Labute approximate surface area is 128 Å². The number of aryl methyl sites for hydroxylation is 1. The minimum absolute atomic E-state index is 0.247. The molecule has 0 atom stereocenters. The highest BCUT2D eigenvalue weighted by Gasteiger charge is 2.09.